The molecular weight excluding hydrogens is 371 g/mol. The maximum atomic E-state index is 13.5. The van der Waals surface area contributed by atoms with Crippen LogP contribution in [0.15, 0.2) is 18.2 Å². The number of amides is 3. The van der Waals surface area contributed by atoms with E-state index in [1.807, 2.05) is 13.8 Å². The van der Waals surface area contributed by atoms with Crippen molar-refractivity contribution >= 4 is 29.1 Å². The quantitative estimate of drug-likeness (QED) is 0.556. The Labute approximate surface area is 161 Å². The van der Waals surface area contributed by atoms with Crippen LogP contribution in [0.2, 0.25) is 0 Å². The summed E-state index contributed by atoms with van der Waals surface area (Å²) >= 11 is 0. The second-order valence-electron chi connectivity index (χ2n) is 6.87. The standard InChI is InChI=1S/C18H23FN4O5/c1-4-21(10-16(24)20-11(2)3)18(26)12-7-17(25)22(9-12)13-5-6-14(19)15(8-13)23(27)28/h5-6,8,11-12H,4,7,9-10H2,1-3H3,(H,20,24). The average Bonchev–Trinajstić information content (AvgIpc) is 3.00. The molecule has 1 fully saturated rings. The first-order chi connectivity index (χ1) is 13.1. The lowest BCUT2D eigenvalue weighted by Crippen LogP contribution is -2.45. The topological polar surface area (TPSA) is 113 Å². The fourth-order valence-corrected chi connectivity index (χ4v) is 3.08. The van der Waals surface area contributed by atoms with E-state index in [1.54, 1.807) is 6.92 Å². The number of nitro benzene ring substituents is 1. The average molecular weight is 394 g/mol. The maximum Gasteiger partial charge on any atom is 0.306 e. The normalized spacial score (nSPS) is 16.4. The van der Waals surface area contributed by atoms with Gasteiger partial charge in [0.25, 0.3) is 0 Å². The van der Waals surface area contributed by atoms with E-state index in [0.717, 1.165) is 12.1 Å². The molecule has 1 saturated heterocycles. The summed E-state index contributed by atoms with van der Waals surface area (Å²) in [4.78, 5) is 49.7. The van der Waals surface area contributed by atoms with Gasteiger partial charge < -0.3 is 15.1 Å². The second kappa shape index (κ2) is 8.77. The molecule has 1 unspecified atom stereocenters. The number of halogens is 1. The van der Waals surface area contributed by atoms with E-state index < -0.39 is 22.3 Å². The minimum atomic E-state index is -0.999. The molecule has 9 nitrogen and oxygen atoms in total. The van der Waals surface area contributed by atoms with Gasteiger partial charge in [0.1, 0.15) is 0 Å². The molecule has 1 aliphatic heterocycles. The van der Waals surface area contributed by atoms with Crippen LogP contribution < -0.4 is 10.2 Å². The van der Waals surface area contributed by atoms with E-state index in [9.17, 15) is 28.9 Å². The summed E-state index contributed by atoms with van der Waals surface area (Å²) in [5.74, 6) is -2.69. The number of benzene rings is 1. The summed E-state index contributed by atoms with van der Waals surface area (Å²) in [6.07, 6.45) is -0.0771. The van der Waals surface area contributed by atoms with Crippen molar-refractivity contribution in [3.05, 3.63) is 34.1 Å². The highest BCUT2D eigenvalue weighted by atomic mass is 19.1. The Morgan fingerprint density at radius 2 is 2.11 bits per heavy atom. The zero-order chi connectivity index (χ0) is 21.0. The zero-order valence-corrected chi connectivity index (χ0v) is 16.0. The Hall–Kier alpha value is -3.04. The highest BCUT2D eigenvalue weighted by molar-refractivity contribution is 6.01. The number of carbonyl (C=O) groups excluding carboxylic acids is 3. The van der Waals surface area contributed by atoms with Gasteiger partial charge in [0.15, 0.2) is 0 Å². The predicted molar refractivity (Wildman–Crippen MR) is 99.0 cm³/mol. The number of nitro groups is 1. The molecule has 152 valence electrons. The minimum absolute atomic E-state index is 0.0166. The van der Waals surface area contributed by atoms with Crippen LogP contribution in [0.5, 0.6) is 0 Å². The Bertz CT molecular complexity index is 798. The molecule has 1 heterocycles. The Morgan fingerprint density at radius 3 is 2.68 bits per heavy atom. The van der Waals surface area contributed by atoms with Crippen molar-refractivity contribution < 1.29 is 23.7 Å². The minimum Gasteiger partial charge on any atom is -0.352 e. The predicted octanol–water partition coefficient (Wildman–Crippen LogP) is 1.46. The van der Waals surface area contributed by atoms with Crippen LogP contribution in [0.25, 0.3) is 0 Å². The van der Waals surface area contributed by atoms with E-state index in [-0.39, 0.29) is 49.0 Å². The van der Waals surface area contributed by atoms with Crippen LogP contribution in [0.4, 0.5) is 15.8 Å². The van der Waals surface area contributed by atoms with Crippen molar-refractivity contribution in [1.82, 2.24) is 10.2 Å². The fourth-order valence-electron chi connectivity index (χ4n) is 3.08. The summed E-state index contributed by atoms with van der Waals surface area (Å²) in [6.45, 7) is 5.56. The third-order valence-electron chi connectivity index (χ3n) is 4.39. The first-order valence-corrected chi connectivity index (χ1v) is 8.96. The van der Waals surface area contributed by atoms with Crippen LogP contribution in [0, 0.1) is 21.8 Å². The van der Waals surface area contributed by atoms with Crippen LogP contribution in [0.1, 0.15) is 27.2 Å². The molecule has 1 aromatic carbocycles. The van der Waals surface area contributed by atoms with Gasteiger partial charge in [-0.2, -0.15) is 4.39 Å². The van der Waals surface area contributed by atoms with E-state index in [1.165, 1.54) is 15.9 Å². The molecule has 0 saturated carbocycles. The molecule has 0 aliphatic carbocycles. The molecule has 3 amide bonds. The number of rotatable bonds is 7. The lowest BCUT2D eigenvalue weighted by Gasteiger charge is -2.24. The molecule has 28 heavy (non-hydrogen) atoms. The van der Waals surface area contributed by atoms with Crippen molar-refractivity contribution in [2.45, 2.75) is 33.2 Å². The number of carbonyl (C=O) groups is 3. The lowest BCUT2D eigenvalue weighted by atomic mass is 10.1. The van der Waals surface area contributed by atoms with Gasteiger partial charge >= 0.3 is 5.69 Å². The second-order valence-corrected chi connectivity index (χ2v) is 6.87. The van der Waals surface area contributed by atoms with Gasteiger partial charge in [0.05, 0.1) is 23.1 Å². The van der Waals surface area contributed by atoms with Gasteiger partial charge in [0, 0.05) is 31.6 Å². The van der Waals surface area contributed by atoms with E-state index in [0.29, 0.717) is 6.54 Å². The SMILES string of the molecule is CCN(CC(=O)NC(C)C)C(=O)C1CC(=O)N(c2ccc(F)c([N+](=O)[O-])c2)C1. The van der Waals surface area contributed by atoms with Crippen LogP contribution >= 0.6 is 0 Å². The number of hydrogen-bond donors (Lipinski definition) is 1. The molecular formula is C18H23FN4O5. The molecule has 1 N–H and O–H groups in total. The van der Waals surface area contributed by atoms with Gasteiger partial charge in [-0.25, -0.2) is 0 Å². The number of nitrogens with one attached hydrogen (secondary N) is 1. The Kier molecular flexibility index (Phi) is 6.66. The summed E-state index contributed by atoms with van der Waals surface area (Å²) in [5, 5.41) is 13.6. The molecule has 0 aromatic heterocycles. The molecule has 0 bridgehead atoms. The molecule has 10 heteroatoms. The monoisotopic (exact) mass is 394 g/mol. The lowest BCUT2D eigenvalue weighted by molar-refractivity contribution is -0.387. The number of nitrogens with zero attached hydrogens (tertiary/aromatic N) is 3. The number of anilines is 1. The summed E-state index contributed by atoms with van der Waals surface area (Å²) in [6, 6.07) is 3.11. The fraction of sp³-hybridized carbons (Fsp3) is 0.500. The number of hydrogen-bond acceptors (Lipinski definition) is 5. The van der Waals surface area contributed by atoms with E-state index in [2.05, 4.69) is 5.32 Å². The largest absolute Gasteiger partial charge is 0.352 e. The van der Waals surface area contributed by atoms with Crippen LogP contribution in [0.3, 0.4) is 0 Å². The molecule has 0 radical (unpaired) electrons. The third kappa shape index (κ3) is 4.81. The molecule has 1 aromatic rings. The zero-order valence-electron chi connectivity index (χ0n) is 16.0. The van der Waals surface area contributed by atoms with Gasteiger partial charge in [-0.05, 0) is 32.9 Å². The van der Waals surface area contributed by atoms with Crippen molar-refractivity contribution in [3.63, 3.8) is 0 Å². The van der Waals surface area contributed by atoms with Gasteiger partial charge in [0.2, 0.25) is 23.5 Å². The van der Waals surface area contributed by atoms with Gasteiger partial charge in [-0.3, -0.25) is 24.5 Å². The summed E-state index contributed by atoms with van der Waals surface area (Å²) in [7, 11) is 0. The highest BCUT2D eigenvalue weighted by Crippen LogP contribution is 2.30. The van der Waals surface area contributed by atoms with Gasteiger partial charge in [-0.1, -0.05) is 0 Å². The molecule has 1 aliphatic rings. The Morgan fingerprint density at radius 1 is 1.43 bits per heavy atom. The smallest absolute Gasteiger partial charge is 0.306 e. The number of likely N-dealkylation sites (N-methyl/N-ethyl adjacent to an activating group) is 1. The maximum absolute atomic E-state index is 13.5. The van der Waals surface area contributed by atoms with E-state index in [4.69, 9.17) is 0 Å². The van der Waals surface area contributed by atoms with Gasteiger partial charge in [-0.15, -0.1) is 0 Å². The van der Waals surface area contributed by atoms with Crippen LogP contribution in [-0.4, -0.2) is 53.2 Å². The third-order valence-corrected chi connectivity index (χ3v) is 4.39. The van der Waals surface area contributed by atoms with Crippen molar-refractivity contribution in [2.75, 3.05) is 24.5 Å². The molecule has 1 atom stereocenters. The Balaban J connectivity index is 2.12. The van der Waals surface area contributed by atoms with E-state index >= 15 is 0 Å². The van der Waals surface area contributed by atoms with Crippen molar-refractivity contribution in [3.8, 4) is 0 Å². The molecule has 2 rings (SSSR count). The van der Waals surface area contributed by atoms with Crippen molar-refractivity contribution in [2.24, 2.45) is 5.92 Å². The highest BCUT2D eigenvalue weighted by Gasteiger charge is 2.38. The molecule has 0 spiro atoms. The van der Waals surface area contributed by atoms with Crippen LogP contribution in [-0.2, 0) is 14.4 Å². The first-order valence-electron chi connectivity index (χ1n) is 8.96. The summed E-state index contributed by atoms with van der Waals surface area (Å²) in [5.41, 5.74) is -0.574. The first kappa shape index (κ1) is 21.3. The summed E-state index contributed by atoms with van der Waals surface area (Å²) < 4.78 is 13.5. The van der Waals surface area contributed by atoms with Crippen molar-refractivity contribution in [1.29, 1.82) is 0 Å².